The van der Waals surface area contributed by atoms with Crippen LogP contribution in [-0.2, 0) is 44.9 Å². The summed E-state index contributed by atoms with van der Waals surface area (Å²) < 4.78 is 24.8. The van der Waals surface area contributed by atoms with Gasteiger partial charge in [-0.1, -0.05) is 43.3 Å². The van der Waals surface area contributed by atoms with Crippen LogP contribution in [0.15, 0.2) is 77.5 Å². The number of amides is 2. The van der Waals surface area contributed by atoms with Crippen LogP contribution >= 0.6 is 22.7 Å². The van der Waals surface area contributed by atoms with Gasteiger partial charge in [0.2, 0.25) is 11.8 Å². The number of benzene rings is 3. The number of carbonyl (C=O) groups is 4. The molecule has 2 aromatic heterocycles. The van der Waals surface area contributed by atoms with Gasteiger partial charge in [0.1, 0.15) is 27.9 Å². The van der Waals surface area contributed by atoms with Crippen molar-refractivity contribution in [1.82, 2.24) is 20.6 Å². The molecule has 276 valence electrons. The molecule has 1 unspecified atom stereocenters. The van der Waals surface area contributed by atoms with E-state index in [2.05, 4.69) is 20.6 Å². The first kappa shape index (κ1) is 38.6. The van der Waals surface area contributed by atoms with Crippen LogP contribution in [-0.4, -0.2) is 70.2 Å². The van der Waals surface area contributed by atoms with E-state index in [1.54, 1.807) is 79.4 Å². The Bertz CT molecular complexity index is 2100. The molecule has 2 heterocycles. The molecule has 12 nitrogen and oxygen atoms in total. The fraction of sp³-hybridized carbons (Fsp3) is 0.263. The van der Waals surface area contributed by atoms with Crippen molar-refractivity contribution in [2.24, 2.45) is 5.92 Å². The molecule has 0 aliphatic heterocycles. The molecular weight excluding hydrogens is 724 g/mol. The number of hydrogen-bond donors (Lipinski definition) is 4. The van der Waals surface area contributed by atoms with Crippen molar-refractivity contribution in [3.63, 3.8) is 0 Å². The standard InChI is InChI=1S/C38H37FN4O8S2/c1-21(34(38(48)49)43-33(45)18-25-19-52-35(40-25)24-11-12-30(50-2)31(16-24)51-3)13-22-7-6-8-23(14-22)15-29(37(46)47)42-32(44)17-26-20-53-36(41-26)27-9-4-5-10-28(27)39/h4-12,14,16,19-21,29,34H,13,15,17-18H2,1-3H3,(H,42,44)(H,43,45)(H,46,47)(H,48,49)/t21?,29-,34-/m0/s1. The van der Waals surface area contributed by atoms with Crippen molar-refractivity contribution in [2.75, 3.05) is 14.2 Å². The molecule has 2 amide bonds. The number of aliphatic carboxylic acids is 2. The van der Waals surface area contributed by atoms with Crippen molar-refractivity contribution in [1.29, 1.82) is 0 Å². The van der Waals surface area contributed by atoms with Gasteiger partial charge in [0.15, 0.2) is 11.5 Å². The largest absolute Gasteiger partial charge is 0.493 e. The molecule has 3 atom stereocenters. The van der Waals surface area contributed by atoms with Gasteiger partial charge in [0.25, 0.3) is 0 Å². The molecule has 3 aromatic carbocycles. The summed E-state index contributed by atoms with van der Waals surface area (Å²) in [6.45, 7) is 1.71. The maximum atomic E-state index is 14.2. The average molecular weight is 761 g/mol. The molecule has 5 rings (SSSR count). The number of carboxylic acid groups (broad SMARTS) is 2. The van der Waals surface area contributed by atoms with Gasteiger partial charge in [0, 0.05) is 28.3 Å². The Morgan fingerprint density at radius 3 is 2.02 bits per heavy atom. The molecule has 0 aliphatic rings. The first-order valence-corrected chi connectivity index (χ1v) is 18.2. The second-order valence-corrected chi connectivity index (χ2v) is 14.0. The topological polar surface area (TPSA) is 177 Å². The molecular formula is C38H37FN4O8S2. The Hall–Kier alpha value is -5.67. The summed E-state index contributed by atoms with van der Waals surface area (Å²) in [6.07, 6.45) is -0.0637. The fourth-order valence-corrected chi connectivity index (χ4v) is 7.35. The second kappa shape index (κ2) is 17.7. The van der Waals surface area contributed by atoms with E-state index >= 15 is 0 Å². The summed E-state index contributed by atoms with van der Waals surface area (Å²) in [6, 6.07) is 16.1. The zero-order valence-electron chi connectivity index (χ0n) is 29.0. The average Bonchev–Trinajstić information content (AvgIpc) is 3.80. The molecule has 4 N–H and O–H groups in total. The molecule has 0 radical (unpaired) electrons. The first-order valence-electron chi connectivity index (χ1n) is 16.4. The summed E-state index contributed by atoms with van der Waals surface area (Å²) in [5, 5.41) is 29.5. The molecule has 0 bridgehead atoms. The summed E-state index contributed by atoms with van der Waals surface area (Å²) in [7, 11) is 3.08. The highest BCUT2D eigenvalue weighted by Crippen LogP contribution is 2.33. The third-order valence-corrected chi connectivity index (χ3v) is 10.2. The summed E-state index contributed by atoms with van der Waals surface area (Å²) in [4.78, 5) is 59.0. The number of carboxylic acids is 2. The van der Waals surface area contributed by atoms with Gasteiger partial charge in [-0.3, -0.25) is 9.59 Å². The minimum absolute atomic E-state index is 0.0289. The van der Waals surface area contributed by atoms with E-state index in [9.17, 15) is 33.8 Å². The number of halogens is 1. The Morgan fingerprint density at radius 2 is 1.38 bits per heavy atom. The highest BCUT2D eigenvalue weighted by atomic mass is 32.1. The summed E-state index contributed by atoms with van der Waals surface area (Å²) >= 11 is 2.53. The van der Waals surface area contributed by atoms with Crippen LogP contribution in [0.3, 0.4) is 0 Å². The SMILES string of the molecule is COc1ccc(-c2nc(CC(=O)N[C@H](C(=O)O)C(C)Cc3cccc(C[C@H](NC(=O)Cc4csc(-c5ccccc5F)n4)C(=O)O)c3)cs2)cc1OC. The number of hydrogen-bond acceptors (Lipinski definition) is 10. The van der Waals surface area contributed by atoms with Gasteiger partial charge in [0.05, 0.1) is 38.4 Å². The molecule has 0 spiro atoms. The zero-order valence-corrected chi connectivity index (χ0v) is 30.6. The highest BCUT2D eigenvalue weighted by molar-refractivity contribution is 7.13. The van der Waals surface area contributed by atoms with E-state index in [4.69, 9.17) is 9.47 Å². The van der Waals surface area contributed by atoms with E-state index in [-0.39, 0.29) is 25.7 Å². The van der Waals surface area contributed by atoms with Crippen molar-refractivity contribution in [2.45, 2.75) is 44.7 Å². The molecule has 15 heteroatoms. The van der Waals surface area contributed by atoms with Crippen molar-refractivity contribution in [3.8, 4) is 32.6 Å². The van der Waals surface area contributed by atoms with Crippen LogP contribution in [0, 0.1) is 11.7 Å². The third kappa shape index (κ3) is 10.2. The minimum Gasteiger partial charge on any atom is -0.493 e. The minimum atomic E-state index is -1.25. The predicted octanol–water partition coefficient (Wildman–Crippen LogP) is 5.44. The monoisotopic (exact) mass is 760 g/mol. The summed E-state index contributed by atoms with van der Waals surface area (Å²) in [5.41, 5.74) is 3.31. The number of nitrogens with one attached hydrogen (secondary N) is 2. The number of ether oxygens (including phenoxy) is 2. The zero-order chi connectivity index (χ0) is 38.1. The van der Waals surface area contributed by atoms with E-state index in [0.717, 1.165) is 11.1 Å². The number of nitrogens with zero attached hydrogens (tertiary/aromatic N) is 2. The smallest absolute Gasteiger partial charge is 0.326 e. The van der Waals surface area contributed by atoms with Crippen molar-refractivity contribution < 1.29 is 43.3 Å². The second-order valence-electron chi connectivity index (χ2n) is 12.2. The third-order valence-electron chi connectivity index (χ3n) is 8.30. The molecule has 5 aromatic rings. The number of rotatable bonds is 17. The lowest BCUT2D eigenvalue weighted by molar-refractivity contribution is -0.143. The van der Waals surface area contributed by atoms with Crippen LogP contribution in [0.4, 0.5) is 4.39 Å². The Morgan fingerprint density at radius 1 is 0.755 bits per heavy atom. The van der Waals surface area contributed by atoms with Gasteiger partial charge < -0.3 is 30.3 Å². The Balaban J connectivity index is 1.16. The number of thiazole rings is 2. The molecule has 53 heavy (non-hydrogen) atoms. The lowest BCUT2D eigenvalue weighted by Crippen LogP contribution is -2.46. The number of methoxy groups -OCH3 is 2. The van der Waals surface area contributed by atoms with Crippen LogP contribution in [0.5, 0.6) is 11.5 Å². The van der Waals surface area contributed by atoms with Crippen LogP contribution in [0.2, 0.25) is 0 Å². The molecule has 0 aliphatic carbocycles. The van der Waals surface area contributed by atoms with E-state index in [0.29, 0.717) is 44.0 Å². The van der Waals surface area contributed by atoms with E-state index in [1.165, 1.54) is 35.8 Å². The Kier molecular flexibility index (Phi) is 12.9. The van der Waals surface area contributed by atoms with Gasteiger partial charge in [-0.25, -0.2) is 23.9 Å². The fourth-order valence-electron chi connectivity index (χ4n) is 5.69. The van der Waals surface area contributed by atoms with Crippen molar-refractivity contribution in [3.05, 3.63) is 106 Å². The van der Waals surface area contributed by atoms with Gasteiger partial charge >= 0.3 is 11.9 Å². The van der Waals surface area contributed by atoms with Crippen LogP contribution in [0.25, 0.3) is 21.1 Å². The maximum absolute atomic E-state index is 14.2. The molecule has 0 saturated heterocycles. The lowest BCUT2D eigenvalue weighted by Gasteiger charge is -2.22. The maximum Gasteiger partial charge on any atom is 0.326 e. The van der Waals surface area contributed by atoms with E-state index < -0.39 is 47.6 Å². The first-order chi connectivity index (χ1) is 25.4. The number of carbonyl (C=O) groups excluding carboxylic acids is 2. The predicted molar refractivity (Wildman–Crippen MR) is 198 cm³/mol. The normalized spacial score (nSPS) is 12.7. The Labute approximate surface area is 312 Å². The van der Waals surface area contributed by atoms with Gasteiger partial charge in [-0.15, -0.1) is 22.7 Å². The van der Waals surface area contributed by atoms with Crippen LogP contribution in [0.1, 0.15) is 29.4 Å². The highest BCUT2D eigenvalue weighted by Gasteiger charge is 2.28. The quantitative estimate of drug-likeness (QED) is 0.0956. The molecule has 0 fully saturated rings. The summed E-state index contributed by atoms with van der Waals surface area (Å²) in [5.74, 6) is -3.33. The van der Waals surface area contributed by atoms with Crippen LogP contribution < -0.4 is 20.1 Å². The number of aromatic nitrogens is 2. The van der Waals surface area contributed by atoms with E-state index in [1.807, 2.05) is 6.07 Å². The lowest BCUT2D eigenvalue weighted by atomic mass is 9.92. The van der Waals surface area contributed by atoms with Gasteiger partial charge in [-0.05, 0) is 53.8 Å². The molecule has 0 saturated carbocycles. The van der Waals surface area contributed by atoms with Crippen molar-refractivity contribution >= 4 is 46.4 Å². The van der Waals surface area contributed by atoms with Gasteiger partial charge in [-0.2, -0.15) is 0 Å².